The Balaban J connectivity index is 0.00000163. The average molecular weight is 364 g/mol. The molecule has 0 radical (unpaired) electrons. The number of hydrogen-bond donors (Lipinski definition) is 0. The maximum absolute atomic E-state index is 12.1. The number of aromatic nitrogens is 1. The van der Waals surface area contributed by atoms with Crippen LogP contribution in [0.1, 0.15) is 72.0 Å². The first kappa shape index (κ1) is 21.9. The highest BCUT2D eigenvalue weighted by atomic mass is 16.6. The summed E-state index contributed by atoms with van der Waals surface area (Å²) in [6, 6.07) is 0. The van der Waals surface area contributed by atoms with E-state index >= 15 is 0 Å². The second-order valence-corrected chi connectivity index (χ2v) is 7.16. The standard InChI is InChI=1S/C18H27N3O3.C2H6/c1-12(2)15(19-6)14-11-20-16(23-14)13-7-9-21(10-8-13)17(22)24-18(3,4)5;1-2/h11,13H,1,7-10H2,2-6H3;1-2H3. The zero-order chi connectivity index (χ0) is 19.9. The molecular formula is C20H33N3O3. The van der Waals surface area contributed by atoms with E-state index in [0.717, 1.165) is 24.1 Å². The number of rotatable bonds is 3. The molecule has 0 saturated carbocycles. The van der Waals surface area contributed by atoms with E-state index in [1.165, 1.54) is 0 Å². The molecule has 0 N–H and O–H groups in total. The van der Waals surface area contributed by atoms with Gasteiger partial charge in [-0.2, -0.15) is 0 Å². The summed E-state index contributed by atoms with van der Waals surface area (Å²) in [5.41, 5.74) is 1.11. The number of ether oxygens (including phenoxy) is 1. The van der Waals surface area contributed by atoms with Gasteiger partial charge in [-0.05, 0) is 46.1 Å². The van der Waals surface area contributed by atoms with Crippen LogP contribution < -0.4 is 0 Å². The zero-order valence-corrected chi connectivity index (χ0v) is 17.3. The van der Waals surface area contributed by atoms with Crippen LogP contribution in [0, 0.1) is 0 Å². The molecule has 0 atom stereocenters. The fourth-order valence-corrected chi connectivity index (χ4v) is 2.73. The van der Waals surface area contributed by atoms with E-state index in [1.54, 1.807) is 18.1 Å². The van der Waals surface area contributed by atoms with E-state index < -0.39 is 5.60 Å². The van der Waals surface area contributed by atoms with Gasteiger partial charge in [-0.25, -0.2) is 9.78 Å². The van der Waals surface area contributed by atoms with Gasteiger partial charge in [0.15, 0.2) is 11.7 Å². The second kappa shape index (κ2) is 9.55. The highest BCUT2D eigenvalue weighted by molar-refractivity contribution is 6.09. The van der Waals surface area contributed by atoms with Gasteiger partial charge in [-0.1, -0.05) is 20.4 Å². The lowest BCUT2D eigenvalue weighted by molar-refractivity contribution is 0.0199. The molecular weight excluding hydrogens is 330 g/mol. The normalized spacial score (nSPS) is 16.0. The minimum Gasteiger partial charge on any atom is -0.444 e. The minimum absolute atomic E-state index is 0.209. The van der Waals surface area contributed by atoms with Crippen LogP contribution in [0.25, 0.3) is 0 Å². The fourth-order valence-electron chi connectivity index (χ4n) is 2.73. The van der Waals surface area contributed by atoms with Gasteiger partial charge in [0.25, 0.3) is 0 Å². The fraction of sp³-hybridized carbons (Fsp3) is 0.650. The number of nitrogens with zero attached hydrogens (tertiary/aromatic N) is 3. The van der Waals surface area contributed by atoms with Crippen molar-refractivity contribution < 1.29 is 13.9 Å². The summed E-state index contributed by atoms with van der Waals surface area (Å²) in [5.74, 6) is 1.56. The van der Waals surface area contributed by atoms with Crippen LogP contribution in [-0.2, 0) is 4.74 Å². The van der Waals surface area contributed by atoms with Crippen molar-refractivity contribution in [3.05, 3.63) is 30.0 Å². The molecule has 2 rings (SSSR count). The molecule has 1 aliphatic heterocycles. The van der Waals surface area contributed by atoms with Crippen molar-refractivity contribution in [2.45, 2.75) is 65.9 Å². The lowest BCUT2D eigenvalue weighted by atomic mass is 9.97. The summed E-state index contributed by atoms with van der Waals surface area (Å²) in [5, 5.41) is 0. The largest absolute Gasteiger partial charge is 0.444 e. The first-order valence-electron chi connectivity index (χ1n) is 9.28. The molecule has 1 aromatic heterocycles. The Bertz CT molecular complexity index is 633. The van der Waals surface area contributed by atoms with Crippen molar-refractivity contribution in [3.8, 4) is 0 Å². The Morgan fingerprint density at radius 3 is 2.38 bits per heavy atom. The van der Waals surface area contributed by atoms with Crippen molar-refractivity contribution in [2.24, 2.45) is 4.99 Å². The average Bonchev–Trinajstić information content (AvgIpc) is 3.05. The maximum Gasteiger partial charge on any atom is 0.410 e. The molecule has 1 amide bonds. The number of piperidine rings is 1. The smallest absolute Gasteiger partial charge is 0.410 e. The maximum atomic E-state index is 12.1. The number of aliphatic imine (C=N–C) groups is 1. The van der Waals surface area contributed by atoms with Crippen LogP contribution in [0.3, 0.4) is 0 Å². The van der Waals surface area contributed by atoms with E-state index in [4.69, 9.17) is 9.15 Å². The molecule has 0 aliphatic carbocycles. The Kier molecular flexibility index (Phi) is 8.06. The topological polar surface area (TPSA) is 67.9 Å². The summed E-state index contributed by atoms with van der Waals surface area (Å²) >= 11 is 0. The van der Waals surface area contributed by atoms with Crippen LogP contribution in [0.4, 0.5) is 4.79 Å². The van der Waals surface area contributed by atoms with E-state index in [9.17, 15) is 4.79 Å². The summed E-state index contributed by atoms with van der Waals surface area (Å²) in [6.07, 6.45) is 3.07. The number of oxazole rings is 1. The Hall–Kier alpha value is -2.11. The predicted octanol–water partition coefficient (Wildman–Crippen LogP) is 4.81. The van der Waals surface area contributed by atoms with Crippen molar-refractivity contribution >= 4 is 11.8 Å². The Labute approximate surface area is 157 Å². The minimum atomic E-state index is -0.468. The lowest BCUT2D eigenvalue weighted by Crippen LogP contribution is -2.41. The zero-order valence-electron chi connectivity index (χ0n) is 17.3. The molecule has 146 valence electrons. The van der Waals surface area contributed by atoms with Crippen LogP contribution >= 0.6 is 0 Å². The van der Waals surface area contributed by atoms with Crippen molar-refractivity contribution in [1.82, 2.24) is 9.88 Å². The molecule has 26 heavy (non-hydrogen) atoms. The van der Waals surface area contributed by atoms with Crippen molar-refractivity contribution in [3.63, 3.8) is 0 Å². The molecule has 0 unspecified atom stereocenters. The summed E-state index contributed by atoms with van der Waals surface area (Å²) in [4.78, 5) is 22.4. The number of allylic oxidation sites excluding steroid dienone is 1. The lowest BCUT2D eigenvalue weighted by Gasteiger charge is -2.32. The van der Waals surface area contributed by atoms with Gasteiger partial charge < -0.3 is 14.1 Å². The Morgan fingerprint density at radius 2 is 1.92 bits per heavy atom. The third-order valence-electron chi connectivity index (χ3n) is 3.88. The van der Waals surface area contributed by atoms with Crippen LogP contribution in [0.2, 0.25) is 0 Å². The molecule has 6 heteroatoms. The van der Waals surface area contributed by atoms with Gasteiger partial charge in [0, 0.05) is 26.1 Å². The summed E-state index contributed by atoms with van der Waals surface area (Å²) in [7, 11) is 1.71. The molecule has 0 spiro atoms. The highest BCUT2D eigenvalue weighted by Crippen LogP contribution is 2.29. The monoisotopic (exact) mass is 363 g/mol. The van der Waals surface area contributed by atoms with Gasteiger partial charge in [0.05, 0.1) is 6.20 Å². The third-order valence-corrected chi connectivity index (χ3v) is 3.88. The number of amides is 1. The Morgan fingerprint density at radius 1 is 1.35 bits per heavy atom. The third kappa shape index (κ3) is 6.00. The summed E-state index contributed by atoms with van der Waals surface area (Å²) in [6.45, 7) is 16.7. The van der Waals surface area contributed by atoms with Crippen LogP contribution in [0.15, 0.2) is 27.8 Å². The molecule has 0 bridgehead atoms. The van der Waals surface area contributed by atoms with Gasteiger partial charge in [0.2, 0.25) is 0 Å². The van der Waals surface area contributed by atoms with Crippen LogP contribution in [0.5, 0.6) is 0 Å². The van der Waals surface area contributed by atoms with Crippen molar-refractivity contribution in [2.75, 3.05) is 20.1 Å². The quantitative estimate of drug-likeness (QED) is 0.723. The molecule has 1 fully saturated rings. The number of carbonyl (C=O) groups is 1. The molecule has 1 aliphatic rings. The molecule has 1 saturated heterocycles. The molecule has 6 nitrogen and oxygen atoms in total. The summed E-state index contributed by atoms with van der Waals surface area (Å²) < 4.78 is 11.3. The second-order valence-electron chi connectivity index (χ2n) is 7.16. The molecule has 0 aromatic carbocycles. The first-order valence-corrected chi connectivity index (χ1v) is 9.28. The van der Waals surface area contributed by atoms with E-state index in [-0.39, 0.29) is 12.0 Å². The number of hydrogen-bond acceptors (Lipinski definition) is 5. The van der Waals surface area contributed by atoms with Gasteiger partial charge in [0.1, 0.15) is 11.3 Å². The SMILES string of the molecule is C=C(C)C(=NC)c1cnc(C2CCN(C(=O)OC(C)(C)C)CC2)o1.CC. The predicted molar refractivity (Wildman–Crippen MR) is 105 cm³/mol. The van der Waals surface area contributed by atoms with Gasteiger partial charge in [-0.3, -0.25) is 4.99 Å². The van der Waals surface area contributed by atoms with E-state index in [0.29, 0.717) is 24.7 Å². The molecule has 1 aromatic rings. The number of carbonyl (C=O) groups excluding carboxylic acids is 1. The first-order chi connectivity index (χ1) is 12.2. The molecule has 2 heterocycles. The van der Waals surface area contributed by atoms with Gasteiger partial charge >= 0.3 is 6.09 Å². The number of likely N-dealkylation sites (tertiary alicyclic amines) is 1. The van der Waals surface area contributed by atoms with Crippen molar-refractivity contribution in [1.29, 1.82) is 0 Å². The van der Waals surface area contributed by atoms with Gasteiger partial charge in [-0.15, -0.1) is 0 Å². The van der Waals surface area contributed by atoms with Crippen LogP contribution in [-0.4, -0.2) is 47.4 Å². The highest BCUT2D eigenvalue weighted by Gasteiger charge is 2.29. The van der Waals surface area contributed by atoms with E-state index in [2.05, 4.69) is 16.6 Å². The van der Waals surface area contributed by atoms with E-state index in [1.807, 2.05) is 41.5 Å².